The van der Waals surface area contributed by atoms with Gasteiger partial charge in [-0.3, -0.25) is 0 Å². The molecule has 0 aliphatic carbocycles. The van der Waals surface area contributed by atoms with E-state index in [-0.39, 0.29) is 6.54 Å². The third kappa shape index (κ3) is 5.50. The average molecular weight is 275 g/mol. The van der Waals surface area contributed by atoms with Crippen LogP contribution in [0.25, 0.3) is 0 Å². The molecule has 0 aliphatic rings. The lowest BCUT2D eigenvalue weighted by Crippen LogP contribution is -2.41. The van der Waals surface area contributed by atoms with Crippen molar-refractivity contribution in [3.8, 4) is 0 Å². The van der Waals surface area contributed by atoms with Gasteiger partial charge in [-0.25, -0.2) is 4.79 Å². The van der Waals surface area contributed by atoms with Crippen LogP contribution in [-0.2, 0) is 0 Å². The van der Waals surface area contributed by atoms with Crippen LogP contribution in [0.4, 0.5) is 29.3 Å². The number of nitrogens with one attached hydrogen (secondary N) is 1. The van der Waals surface area contributed by atoms with Crippen LogP contribution in [0.5, 0.6) is 0 Å². The zero-order chi connectivity index (χ0) is 14.5. The van der Waals surface area contributed by atoms with Crippen molar-refractivity contribution in [1.29, 1.82) is 0 Å². The molecule has 0 saturated carbocycles. The second kappa shape index (κ2) is 6.31. The second-order valence-electron chi connectivity index (χ2n) is 4.09. The number of halogens is 3. The maximum Gasteiger partial charge on any atom is 0.406 e. The van der Waals surface area contributed by atoms with Crippen LogP contribution in [0.3, 0.4) is 0 Å². The predicted molar refractivity (Wildman–Crippen MR) is 67.8 cm³/mol. The van der Waals surface area contributed by atoms with Crippen molar-refractivity contribution < 1.29 is 18.0 Å². The summed E-state index contributed by atoms with van der Waals surface area (Å²) < 4.78 is 37.0. The molecule has 0 unspecified atom stereocenters. The summed E-state index contributed by atoms with van der Waals surface area (Å²) in [6.45, 7) is 0.488. The summed E-state index contributed by atoms with van der Waals surface area (Å²) in [5.41, 5.74) is 6.39. The first kappa shape index (κ1) is 15.1. The fourth-order valence-corrected chi connectivity index (χ4v) is 1.51. The van der Waals surface area contributed by atoms with Crippen LogP contribution in [0, 0.1) is 0 Å². The van der Waals surface area contributed by atoms with Crippen molar-refractivity contribution in [1.82, 2.24) is 4.90 Å². The van der Waals surface area contributed by atoms with Crippen molar-refractivity contribution in [2.24, 2.45) is 0 Å². The maximum atomic E-state index is 12.3. The van der Waals surface area contributed by atoms with E-state index in [9.17, 15) is 18.0 Å². The SMILES string of the molecule is CCCN(CC(F)(F)F)C(=O)Nc1ccc(N)cc1. The molecule has 0 atom stereocenters. The monoisotopic (exact) mass is 275 g/mol. The summed E-state index contributed by atoms with van der Waals surface area (Å²) >= 11 is 0. The van der Waals surface area contributed by atoms with Crippen molar-refractivity contribution in [3.05, 3.63) is 24.3 Å². The molecule has 1 rings (SSSR count). The Morgan fingerprint density at radius 2 is 1.89 bits per heavy atom. The van der Waals surface area contributed by atoms with E-state index in [0.717, 1.165) is 4.90 Å². The third-order valence-corrected chi connectivity index (χ3v) is 2.31. The molecule has 19 heavy (non-hydrogen) atoms. The predicted octanol–water partition coefficient (Wildman–Crippen LogP) is 3.08. The van der Waals surface area contributed by atoms with Gasteiger partial charge >= 0.3 is 12.2 Å². The first-order valence-corrected chi connectivity index (χ1v) is 5.80. The molecule has 0 aromatic heterocycles. The smallest absolute Gasteiger partial charge is 0.399 e. The number of anilines is 2. The number of carbonyl (C=O) groups excluding carboxylic acids is 1. The van der Waals surface area contributed by atoms with Crippen LogP contribution in [0.2, 0.25) is 0 Å². The summed E-state index contributed by atoms with van der Waals surface area (Å²) in [5.74, 6) is 0. The van der Waals surface area contributed by atoms with E-state index >= 15 is 0 Å². The summed E-state index contributed by atoms with van der Waals surface area (Å²) in [6.07, 6.45) is -3.96. The van der Waals surface area contributed by atoms with E-state index < -0.39 is 18.8 Å². The zero-order valence-electron chi connectivity index (χ0n) is 10.5. The molecule has 0 radical (unpaired) electrons. The van der Waals surface area contributed by atoms with Gasteiger partial charge in [-0.15, -0.1) is 0 Å². The van der Waals surface area contributed by atoms with Crippen molar-refractivity contribution in [3.63, 3.8) is 0 Å². The minimum absolute atomic E-state index is 0.0420. The zero-order valence-corrected chi connectivity index (χ0v) is 10.5. The number of alkyl halides is 3. The molecule has 1 aromatic carbocycles. The van der Waals surface area contributed by atoms with E-state index in [2.05, 4.69) is 5.32 Å². The molecule has 0 fully saturated rings. The molecule has 4 nitrogen and oxygen atoms in total. The van der Waals surface area contributed by atoms with Gasteiger partial charge in [0.25, 0.3) is 0 Å². The summed E-state index contributed by atoms with van der Waals surface area (Å²) in [7, 11) is 0. The number of carbonyl (C=O) groups is 1. The van der Waals surface area contributed by atoms with E-state index in [1.54, 1.807) is 19.1 Å². The maximum absolute atomic E-state index is 12.3. The minimum atomic E-state index is -4.41. The molecule has 0 heterocycles. The fraction of sp³-hybridized carbons (Fsp3) is 0.417. The summed E-state index contributed by atoms with van der Waals surface area (Å²) in [6, 6.07) is 5.41. The van der Waals surface area contributed by atoms with Crippen molar-refractivity contribution >= 4 is 17.4 Å². The van der Waals surface area contributed by atoms with Crippen molar-refractivity contribution in [2.45, 2.75) is 19.5 Å². The summed E-state index contributed by atoms with van der Waals surface area (Å²) in [4.78, 5) is 12.5. The average Bonchev–Trinajstić information content (AvgIpc) is 2.30. The number of nitrogens with zero attached hydrogens (tertiary/aromatic N) is 1. The van der Waals surface area contributed by atoms with Crippen LogP contribution < -0.4 is 11.1 Å². The Kier molecular flexibility index (Phi) is 5.02. The van der Waals surface area contributed by atoms with E-state index in [1.807, 2.05) is 0 Å². The van der Waals surface area contributed by atoms with E-state index in [4.69, 9.17) is 5.73 Å². The van der Waals surface area contributed by atoms with Gasteiger partial charge in [0.05, 0.1) is 0 Å². The largest absolute Gasteiger partial charge is 0.406 e. The quantitative estimate of drug-likeness (QED) is 0.830. The Bertz CT molecular complexity index is 417. The van der Waals surface area contributed by atoms with Gasteiger partial charge in [0.1, 0.15) is 6.54 Å². The Morgan fingerprint density at radius 3 is 2.37 bits per heavy atom. The van der Waals surface area contributed by atoms with E-state index in [1.165, 1.54) is 12.1 Å². The second-order valence-corrected chi connectivity index (χ2v) is 4.09. The number of rotatable bonds is 4. The number of amides is 2. The van der Waals surface area contributed by atoms with Crippen LogP contribution in [0.15, 0.2) is 24.3 Å². The van der Waals surface area contributed by atoms with Gasteiger partial charge in [0, 0.05) is 17.9 Å². The van der Waals surface area contributed by atoms with Crippen LogP contribution in [-0.4, -0.2) is 30.2 Å². The summed E-state index contributed by atoms with van der Waals surface area (Å²) in [5, 5.41) is 2.41. The normalized spacial score (nSPS) is 11.2. The molecule has 3 N–H and O–H groups in total. The lowest BCUT2D eigenvalue weighted by atomic mass is 10.3. The molecule has 0 spiro atoms. The first-order chi connectivity index (χ1) is 8.81. The highest BCUT2D eigenvalue weighted by Gasteiger charge is 2.32. The Hall–Kier alpha value is -1.92. The molecule has 0 saturated heterocycles. The van der Waals surface area contributed by atoms with Gasteiger partial charge in [-0.2, -0.15) is 13.2 Å². The molecule has 2 amide bonds. The molecule has 7 heteroatoms. The van der Waals surface area contributed by atoms with Crippen molar-refractivity contribution in [2.75, 3.05) is 24.1 Å². The number of nitrogen functional groups attached to an aromatic ring is 1. The van der Waals surface area contributed by atoms with Crippen LogP contribution >= 0.6 is 0 Å². The van der Waals surface area contributed by atoms with Gasteiger partial charge in [-0.05, 0) is 30.7 Å². The third-order valence-electron chi connectivity index (χ3n) is 2.31. The van der Waals surface area contributed by atoms with E-state index in [0.29, 0.717) is 17.8 Å². The molecule has 106 valence electrons. The van der Waals surface area contributed by atoms with Gasteiger partial charge in [0.2, 0.25) is 0 Å². The lowest BCUT2D eigenvalue weighted by Gasteiger charge is -2.23. The standard InChI is InChI=1S/C12H16F3N3O/c1-2-7-18(8-12(13,14)15)11(19)17-10-5-3-9(16)4-6-10/h3-6H,2,7-8,16H2,1H3,(H,17,19). The Labute approximate surface area is 109 Å². The molecular formula is C12H16F3N3O. The molecular weight excluding hydrogens is 259 g/mol. The number of hydrogen-bond donors (Lipinski definition) is 2. The van der Waals surface area contributed by atoms with Gasteiger partial charge < -0.3 is 16.0 Å². The minimum Gasteiger partial charge on any atom is -0.399 e. The topological polar surface area (TPSA) is 58.4 Å². The highest BCUT2D eigenvalue weighted by atomic mass is 19.4. The number of nitrogens with two attached hydrogens (primary N) is 1. The lowest BCUT2D eigenvalue weighted by molar-refractivity contribution is -0.139. The Balaban J connectivity index is 2.68. The molecule has 1 aromatic rings. The molecule has 0 aliphatic heterocycles. The fourth-order valence-electron chi connectivity index (χ4n) is 1.51. The first-order valence-electron chi connectivity index (χ1n) is 5.80. The number of benzene rings is 1. The molecule has 0 bridgehead atoms. The van der Waals surface area contributed by atoms with Crippen LogP contribution in [0.1, 0.15) is 13.3 Å². The number of hydrogen-bond acceptors (Lipinski definition) is 2. The Morgan fingerprint density at radius 1 is 1.32 bits per heavy atom. The number of urea groups is 1. The van der Waals surface area contributed by atoms with Gasteiger partial charge in [-0.1, -0.05) is 6.92 Å². The highest BCUT2D eigenvalue weighted by Crippen LogP contribution is 2.18. The van der Waals surface area contributed by atoms with Gasteiger partial charge in [0.15, 0.2) is 0 Å². The highest BCUT2D eigenvalue weighted by molar-refractivity contribution is 5.89.